The van der Waals surface area contributed by atoms with Crippen LogP contribution in [-0.4, -0.2) is 25.8 Å². The van der Waals surface area contributed by atoms with Crippen LogP contribution in [0.3, 0.4) is 0 Å². The fourth-order valence-corrected chi connectivity index (χ4v) is 2.49. The Labute approximate surface area is 121 Å². The number of methoxy groups -OCH3 is 1. The second kappa shape index (κ2) is 14.3. The van der Waals surface area contributed by atoms with Gasteiger partial charge in [0.15, 0.2) is 0 Å². The molecule has 0 heterocycles. The van der Waals surface area contributed by atoms with E-state index in [1.54, 1.807) is 0 Å². The SMILES string of the molecule is CCCCCCCCCCC(NCCC)C(C)OC. The standard InChI is InChI=1S/C17H37NO/c1-5-7-8-9-10-11-12-13-14-17(16(3)19-4)18-15-6-2/h16-18H,5-15H2,1-4H3. The zero-order valence-electron chi connectivity index (χ0n) is 13.8. The topological polar surface area (TPSA) is 21.3 Å². The summed E-state index contributed by atoms with van der Waals surface area (Å²) < 4.78 is 5.47. The van der Waals surface area contributed by atoms with Gasteiger partial charge in [-0.25, -0.2) is 0 Å². The maximum absolute atomic E-state index is 5.47. The molecule has 0 aromatic rings. The van der Waals surface area contributed by atoms with Gasteiger partial charge in [-0.05, 0) is 26.3 Å². The van der Waals surface area contributed by atoms with Gasteiger partial charge in [0.1, 0.15) is 0 Å². The molecule has 1 N–H and O–H groups in total. The molecule has 2 nitrogen and oxygen atoms in total. The van der Waals surface area contributed by atoms with Gasteiger partial charge in [0.05, 0.1) is 6.10 Å². The number of rotatable bonds is 14. The normalized spacial score (nSPS) is 14.5. The number of ether oxygens (including phenoxy) is 1. The van der Waals surface area contributed by atoms with Gasteiger partial charge in [0.25, 0.3) is 0 Å². The summed E-state index contributed by atoms with van der Waals surface area (Å²) in [7, 11) is 1.82. The summed E-state index contributed by atoms with van der Waals surface area (Å²) >= 11 is 0. The van der Waals surface area contributed by atoms with Crippen LogP contribution in [0.25, 0.3) is 0 Å². The minimum absolute atomic E-state index is 0.330. The summed E-state index contributed by atoms with van der Waals surface area (Å²) in [6.07, 6.45) is 13.9. The lowest BCUT2D eigenvalue weighted by Gasteiger charge is -2.24. The Morgan fingerprint density at radius 1 is 0.842 bits per heavy atom. The zero-order chi connectivity index (χ0) is 14.3. The summed E-state index contributed by atoms with van der Waals surface area (Å²) in [5.41, 5.74) is 0. The Morgan fingerprint density at radius 3 is 1.95 bits per heavy atom. The van der Waals surface area contributed by atoms with E-state index in [-0.39, 0.29) is 0 Å². The first kappa shape index (κ1) is 18.9. The summed E-state index contributed by atoms with van der Waals surface area (Å²) in [5, 5.41) is 3.61. The van der Waals surface area contributed by atoms with Crippen LogP contribution >= 0.6 is 0 Å². The van der Waals surface area contributed by atoms with Crippen LogP contribution < -0.4 is 5.32 Å². The van der Waals surface area contributed by atoms with Gasteiger partial charge in [0.2, 0.25) is 0 Å². The molecule has 0 aromatic heterocycles. The van der Waals surface area contributed by atoms with E-state index in [0.717, 1.165) is 6.54 Å². The Hall–Kier alpha value is -0.0800. The lowest BCUT2D eigenvalue weighted by atomic mass is 10.0. The van der Waals surface area contributed by atoms with Gasteiger partial charge in [0, 0.05) is 13.2 Å². The number of hydrogen-bond acceptors (Lipinski definition) is 2. The van der Waals surface area contributed by atoms with Crippen molar-refractivity contribution in [3.8, 4) is 0 Å². The highest BCUT2D eigenvalue weighted by molar-refractivity contribution is 4.73. The molecule has 0 aromatic carbocycles. The molecular formula is C17H37NO. The van der Waals surface area contributed by atoms with Crippen molar-refractivity contribution in [1.82, 2.24) is 5.32 Å². The smallest absolute Gasteiger partial charge is 0.0696 e. The van der Waals surface area contributed by atoms with E-state index in [2.05, 4.69) is 26.1 Å². The molecular weight excluding hydrogens is 234 g/mol. The molecule has 0 aliphatic heterocycles. The monoisotopic (exact) mass is 271 g/mol. The predicted molar refractivity (Wildman–Crippen MR) is 85.8 cm³/mol. The van der Waals surface area contributed by atoms with E-state index < -0.39 is 0 Å². The predicted octanol–water partition coefficient (Wildman–Crippen LogP) is 4.92. The Balaban J connectivity index is 3.52. The number of hydrogen-bond donors (Lipinski definition) is 1. The van der Waals surface area contributed by atoms with Crippen molar-refractivity contribution >= 4 is 0 Å². The summed E-state index contributed by atoms with van der Waals surface area (Å²) in [4.78, 5) is 0. The molecule has 0 saturated heterocycles. The maximum atomic E-state index is 5.47. The average molecular weight is 271 g/mol. The van der Waals surface area contributed by atoms with Crippen LogP contribution in [0.5, 0.6) is 0 Å². The Morgan fingerprint density at radius 2 is 1.42 bits per heavy atom. The number of unbranched alkanes of at least 4 members (excludes halogenated alkanes) is 7. The first-order chi connectivity index (χ1) is 9.26. The van der Waals surface area contributed by atoms with E-state index in [1.807, 2.05) is 7.11 Å². The molecule has 0 fully saturated rings. The van der Waals surface area contributed by atoms with E-state index in [4.69, 9.17) is 4.74 Å². The molecule has 2 unspecified atom stereocenters. The lowest BCUT2D eigenvalue weighted by Crippen LogP contribution is -2.39. The maximum Gasteiger partial charge on any atom is 0.0696 e. The van der Waals surface area contributed by atoms with Crippen LogP contribution in [0.15, 0.2) is 0 Å². The summed E-state index contributed by atoms with van der Waals surface area (Å²) in [6.45, 7) is 7.78. The third-order valence-electron chi connectivity index (χ3n) is 3.96. The Bertz CT molecular complexity index is 173. The van der Waals surface area contributed by atoms with Gasteiger partial charge in [-0.1, -0.05) is 65.2 Å². The molecule has 0 saturated carbocycles. The van der Waals surface area contributed by atoms with Crippen molar-refractivity contribution in [2.45, 2.75) is 97.1 Å². The van der Waals surface area contributed by atoms with Crippen molar-refractivity contribution in [3.63, 3.8) is 0 Å². The largest absolute Gasteiger partial charge is 0.380 e. The highest BCUT2D eigenvalue weighted by Crippen LogP contribution is 2.12. The van der Waals surface area contributed by atoms with Crippen LogP contribution in [0, 0.1) is 0 Å². The van der Waals surface area contributed by atoms with Gasteiger partial charge in [-0.3, -0.25) is 0 Å². The van der Waals surface area contributed by atoms with E-state index >= 15 is 0 Å². The molecule has 0 aliphatic rings. The molecule has 2 heteroatoms. The lowest BCUT2D eigenvalue weighted by molar-refractivity contribution is 0.0791. The van der Waals surface area contributed by atoms with Gasteiger partial charge < -0.3 is 10.1 Å². The van der Waals surface area contributed by atoms with Gasteiger partial charge >= 0.3 is 0 Å². The summed E-state index contributed by atoms with van der Waals surface area (Å²) in [6, 6.07) is 0.532. The van der Waals surface area contributed by atoms with E-state index in [9.17, 15) is 0 Å². The Kier molecular flexibility index (Phi) is 14.3. The number of nitrogens with one attached hydrogen (secondary N) is 1. The molecule has 0 spiro atoms. The van der Waals surface area contributed by atoms with Crippen LogP contribution in [0.2, 0.25) is 0 Å². The molecule has 2 atom stereocenters. The molecule has 19 heavy (non-hydrogen) atoms. The quantitative estimate of drug-likeness (QED) is 0.453. The van der Waals surface area contributed by atoms with Crippen molar-refractivity contribution in [2.75, 3.05) is 13.7 Å². The highest BCUT2D eigenvalue weighted by Gasteiger charge is 2.14. The van der Waals surface area contributed by atoms with Crippen molar-refractivity contribution < 1.29 is 4.74 Å². The average Bonchev–Trinajstić information content (AvgIpc) is 2.44. The minimum atomic E-state index is 0.330. The molecule has 0 bridgehead atoms. The molecule has 0 radical (unpaired) electrons. The highest BCUT2D eigenvalue weighted by atomic mass is 16.5. The zero-order valence-corrected chi connectivity index (χ0v) is 13.8. The summed E-state index contributed by atoms with van der Waals surface area (Å²) in [5.74, 6) is 0. The van der Waals surface area contributed by atoms with Gasteiger partial charge in [-0.2, -0.15) is 0 Å². The van der Waals surface area contributed by atoms with Crippen molar-refractivity contribution in [1.29, 1.82) is 0 Å². The third-order valence-corrected chi connectivity index (χ3v) is 3.96. The second-order valence-electron chi connectivity index (χ2n) is 5.76. The first-order valence-electron chi connectivity index (χ1n) is 8.52. The van der Waals surface area contributed by atoms with E-state index in [0.29, 0.717) is 12.1 Å². The third kappa shape index (κ3) is 11.4. The first-order valence-corrected chi connectivity index (χ1v) is 8.52. The van der Waals surface area contributed by atoms with Crippen LogP contribution in [0.1, 0.15) is 85.0 Å². The molecule has 0 aliphatic carbocycles. The minimum Gasteiger partial charge on any atom is -0.380 e. The van der Waals surface area contributed by atoms with E-state index in [1.165, 1.54) is 64.2 Å². The molecule has 0 amide bonds. The second-order valence-corrected chi connectivity index (χ2v) is 5.76. The fourth-order valence-electron chi connectivity index (χ4n) is 2.49. The van der Waals surface area contributed by atoms with Crippen LogP contribution in [-0.2, 0) is 4.74 Å². The van der Waals surface area contributed by atoms with Crippen molar-refractivity contribution in [2.24, 2.45) is 0 Å². The van der Waals surface area contributed by atoms with Gasteiger partial charge in [-0.15, -0.1) is 0 Å². The van der Waals surface area contributed by atoms with Crippen molar-refractivity contribution in [3.05, 3.63) is 0 Å². The van der Waals surface area contributed by atoms with Crippen LogP contribution in [0.4, 0.5) is 0 Å². The molecule has 0 rings (SSSR count). The molecule has 116 valence electrons. The fraction of sp³-hybridized carbons (Fsp3) is 1.00.